The topological polar surface area (TPSA) is 62.5 Å². The number of aromatic carboxylic acids is 1. The molecule has 0 aliphatic heterocycles. The van der Waals surface area contributed by atoms with Gasteiger partial charge in [-0.05, 0) is 46.7 Å². The minimum Gasteiger partial charge on any atom is -0.507 e. The van der Waals surface area contributed by atoms with Gasteiger partial charge in [-0.15, -0.1) is 0 Å². The van der Waals surface area contributed by atoms with Crippen LogP contribution in [0.15, 0.2) is 91.0 Å². The highest BCUT2D eigenvalue weighted by molar-refractivity contribution is 6.09. The van der Waals surface area contributed by atoms with Gasteiger partial charge in [0.1, 0.15) is 11.3 Å². The number of hydrogen-bond donors (Lipinski definition) is 2. The van der Waals surface area contributed by atoms with Gasteiger partial charge in [0.2, 0.25) is 0 Å². The summed E-state index contributed by atoms with van der Waals surface area (Å²) in [6.07, 6.45) is 0. The van der Waals surface area contributed by atoms with Crippen molar-refractivity contribution in [2.24, 2.45) is 0 Å². The minimum atomic E-state index is -1.16. The standard InChI is InChI=1S/C25H17NO3/c27-24-13-11-18(14-21(24)25(28)29)26-22-12-10-16-6-4-5-9-19(16)20(22)15-23(26)17-7-2-1-3-8-17/h1-15,27H,(H,28,29). The molecule has 1 heterocycles. The minimum absolute atomic E-state index is 0.121. The zero-order valence-corrected chi connectivity index (χ0v) is 15.4. The molecule has 1 aromatic heterocycles. The van der Waals surface area contributed by atoms with E-state index in [9.17, 15) is 15.0 Å². The predicted molar refractivity (Wildman–Crippen MR) is 115 cm³/mol. The summed E-state index contributed by atoms with van der Waals surface area (Å²) < 4.78 is 2.04. The lowest BCUT2D eigenvalue weighted by Crippen LogP contribution is -2.02. The van der Waals surface area contributed by atoms with Crippen molar-refractivity contribution in [2.45, 2.75) is 0 Å². The first-order valence-corrected chi connectivity index (χ1v) is 9.29. The Morgan fingerprint density at radius 1 is 0.759 bits per heavy atom. The lowest BCUT2D eigenvalue weighted by atomic mass is 10.1. The smallest absolute Gasteiger partial charge is 0.339 e. The molecule has 0 saturated heterocycles. The number of carboxylic acids is 1. The van der Waals surface area contributed by atoms with E-state index >= 15 is 0 Å². The van der Waals surface area contributed by atoms with Crippen LogP contribution in [0, 0.1) is 0 Å². The molecule has 0 atom stereocenters. The average molecular weight is 379 g/mol. The van der Waals surface area contributed by atoms with Crippen LogP contribution < -0.4 is 0 Å². The molecule has 4 nitrogen and oxygen atoms in total. The summed E-state index contributed by atoms with van der Waals surface area (Å²) in [5.74, 6) is -1.41. The Morgan fingerprint density at radius 2 is 1.52 bits per heavy atom. The van der Waals surface area contributed by atoms with E-state index in [4.69, 9.17) is 0 Å². The number of phenols is 1. The number of benzene rings is 4. The van der Waals surface area contributed by atoms with Gasteiger partial charge in [0, 0.05) is 11.1 Å². The van der Waals surface area contributed by atoms with Gasteiger partial charge < -0.3 is 14.8 Å². The predicted octanol–water partition coefficient (Wildman–Crippen LogP) is 5.85. The number of carbonyl (C=O) groups is 1. The third kappa shape index (κ3) is 2.74. The molecule has 4 aromatic carbocycles. The van der Waals surface area contributed by atoms with Gasteiger partial charge in [-0.3, -0.25) is 0 Å². The highest BCUT2D eigenvalue weighted by atomic mass is 16.4. The fraction of sp³-hybridized carbons (Fsp3) is 0. The lowest BCUT2D eigenvalue weighted by Gasteiger charge is -2.13. The normalized spacial score (nSPS) is 11.2. The molecule has 29 heavy (non-hydrogen) atoms. The molecule has 0 saturated carbocycles. The molecule has 0 unspecified atom stereocenters. The van der Waals surface area contributed by atoms with Crippen molar-refractivity contribution in [3.8, 4) is 22.7 Å². The fourth-order valence-electron chi connectivity index (χ4n) is 3.90. The molecule has 5 aromatic rings. The van der Waals surface area contributed by atoms with Gasteiger partial charge in [-0.2, -0.15) is 0 Å². The second-order valence-electron chi connectivity index (χ2n) is 6.96. The average Bonchev–Trinajstić information content (AvgIpc) is 3.15. The molecule has 0 bridgehead atoms. The lowest BCUT2D eigenvalue weighted by molar-refractivity contribution is 0.0693. The molecule has 0 spiro atoms. The Labute approximate surface area is 166 Å². The van der Waals surface area contributed by atoms with Gasteiger partial charge in [-0.1, -0.05) is 60.7 Å². The molecule has 4 heteroatoms. The number of nitrogens with zero attached hydrogens (tertiary/aromatic N) is 1. The van der Waals surface area contributed by atoms with E-state index in [0.717, 1.165) is 32.9 Å². The Bertz CT molecular complexity index is 1380. The van der Waals surface area contributed by atoms with Crippen molar-refractivity contribution in [2.75, 3.05) is 0 Å². The van der Waals surface area contributed by atoms with Gasteiger partial charge in [-0.25, -0.2) is 4.79 Å². The van der Waals surface area contributed by atoms with E-state index in [-0.39, 0.29) is 11.3 Å². The SMILES string of the molecule is O=C(O)c1cc(-n2c(-c3ccccc3)cc3c4ccccc4ccc32)ccc1O. The maximum absolute atomic E-state index is 11.6. The summed E-state index contributed by atoms with van der Waals surface area (Å²) in [6.45, 7) is 0. The third-order valence-corrected chi connectivity index (χ3v) is 5.25. The monoisotopic (exact) mass is 379 g/mol. The number of fused-ring (bicyclic) bond motifs is 3. The first-order chi connectivity index (χ1) is 14.1. The summed E-state index contributed by atoms with van der Waals surface area (Å²) >= 11 is 0. The Kier molecular flexibility index (Phi) is 3.85. The van der Waals surface area contributed by atoms with E-state index in [1.807, 2.05) is 47.0 Å². The molecule has 140 valence electrons. The molecule has 5 rings (SSSR count). The van der Waals surface area contributed by atoms with Gasteiger partial charge in [0.15, 0.2) is 0 Å². The molecule has 0 aliphatic rings. The van der Waals surface area contributed by atoms with Crippen molar-refractivity contribution in [1.82, 2.24) is 4.57 Å². The molecule has 0 amide bonds. The summed E-state index contributed by atoms with van der Waals surface area (Å²) in [7, 11) is 0. The number of aromatic nitrogens is 1. The van der Waals surface area contributed by atoms with Crippen LogP contribution in [0.4, 0.5) is 0 Å². The molecule has 2 N–H and O–H groups in total. The van der Waals surface area contributed by atoms with Crippen molar-refractivity contribution < 1.29 is 15.0 Å². The largest absolute Gasteiger partial charge is 0.507 e. The number of rotatable bonds is 3. The summed E-state index contributed by atoms with van der Waals surface area (Å²) in [5, 5.41) is 22.8. The van der Waals surface area contributed by atoms with Crippen molar-refractivity contribution in [1.29, 1.82) is 0 Å². The van der Waals surface area contributed by atoms with E-state index in [1.165, 1.54) is 12.1 Å². The summed E-state index contributed by atoms with van der Waals surface area (Å²) in [5.41, 5.74) is 3.52. The first kappa shape index (κ1) is 17.1. The van der Waals surface area contributed by atoms with Crippen LogP contribution in [0.5, 0.6) is 5.75 Å². The molecule has 0 radical (unpaired) electrons. The second kappa shape index (κ2) is 6.53. The number of hydrogen-bond acceptors (Lipinski definition) is 2. The van der Waals surface area contributed by atoms with Crippen LogP contribution >= 0.6 is 0 Å². The molecular formula is C25H17NO3. The maximum Gasteiger partial charge on any atom is 0.339 e. The Morgan fingerprint density at radius 3 is 2.31 bits per heavy atom. The van der Waals surface area contributed by atoms with Crippen molar-refractivity contribution >= 4 is 27.6 Å². The molecular weight excluding hydrogens is 362 g/mol. The van der Waals surface area contributed by atoms with E-state index in [1.54, 1.807) is 6.07 Å². The number of aromatic hydroxyl groups is 1. The third-order valence-electron chi connectivity index (χ3n) is 5.25. The van der Waals surface area contributed by atoms with Crippen LogP contribution in [-0.2, 0) is 0 Å². The van der Waals surface area contributed by atoms with E-state index < -0.39 is 5.97 Å². The zero-order valence-electron chi connectivity index (χ0n) is 15.4. The Balaban J connectivity index is 1.90. The highest BCUT2D eigenvalue weighted by Crippen LogP contribution is 2.36. The molecule has 0 fully saturated rings. The Hall–Kier alpha value is -4.05. The van der Waals surface area contributed by atoms with Crippen LogP contribution in [0.2, 0.25) is 0 Å². The van der Waals surface area contributed by atoms with E-state index in [0.29, 0.717) is 5.69 Å². The highest BCUT2D eigenvalue weighted by Gasteiger charge is 2.17. The van der Waals surface area contributed by atoms with Crippen molar-refractivity contribution in [3.63, 3.8) is 0 Å². The quantitative estimate of drug-likeness (QED) is 0.413. The second-order valence-corrected chi connectivity index (χ2v) is 6.96. The van der Waals surface area contributed by atoms with Crippen LogP contribution in [-0.4, -0.2) is 20.7 Å². The van der Waals surface area contributed by atoms with Crippen LogP contribution in [0.1, 0.15) is 10.4 Å². The molecule has 0 aliphatic carbocycles. The van der Waals surface area contributed by atoms with Crippen LogP contribution in [0.25, 0.3) is 38.6 Å². The fourth-order valence-corrected chi connectivity index (χ4v) is 3.90. The van der Waals surface area contributed by atoms with Gasteiger partial charge >= 0.3 is 5.97 Å². The number of carboxylic acid groups (broad SMARTS) is 1. The van der Waals surface area contributed by atoms with Crippen molar-refractivity contribution in [3.05, 3.63) is 96.6 Å². The van der Waals surface area contributed by atoms with E-state index in [2.05, 4.69) is 30.3 Å². The van der Waals surface area contributed by atoms with Gasteiger partial charge in [0.25, 0.3) is 0 Å². The van der Waals surface area contributed by atoms with Gasteiger partial charge in [0.05, 0.1) is 11.2 Å². The first-order valence-electron chi connectivity index (χ1n) is 9.29. The van der Waals surface area contributed by atoms with Crippen LogP contribution in [0.3, 0.4) is 0 Å². The summed E-state index contributed by atoms with van der Waals surface area (Å²) in [4.78, 5) is 11.6. The maximum atomic E-state index is 11.6. The summed E-state index contributed by atoms with van der Waals surface area (Å²) in [6, 6.07) is 29.2. The zero-order chi connectivity index (χ0) is 20.0.